The van der Waals surface area contributed by atoms with E-state index in [2.05, 4.69) is 9.47 Å². The average molecular weight is 208 g/mol. The number of aliphatic hydroxyl groups is 3. The first-order chi connectivity index (χ1) is 6.49. The minimum absolute atomic E-state index is 1.18. The molecule has 1 aliphatic heterocycles. The summed E-state index contributed by atoms with van der Waals surface area (Å²) in [6.45, 7) is 0. The average Bonchev–Trinajstić information content (AvgIpc) is 2.13. The van der Waals surface area contributed by atoms with E-state index < -0.39 is 36.7 Å². The number of hydrogen-bond donors (Lipinski definition) is 4. The minimum atomic E-state index is -1.72. The fraction of sp³-hybridized carbons (Fsp3) is 0.857. The Morgan fingerprint density at radius 1 is 1.29 bits per heavy atom. The van der Waals surface area contributed by atoms with Crippen LogP contribution in [0, 0.1) is 0 Å². The Morgan fingerprint density at radius 2 is 1.86 bits per heavy atom. The van der Waals surface area contributed by atoms with E-state index in [-0.39, 0.29) is 0 Å². The van der Waals surface area contributed by atoms with Gasteiger partial charge in [-0.1, -0.05) is 0 Å². The third-order valence-corrected chi connectivity index (χ3v) is 2.08. The van der Waals surface area contributed by atoms with Gasteiger partial charge in [0.15, 0.2) is 12.4 Å². The smallest absolute Gasteiger partial charge is 0.335 e. The summed E-state index contributed by atoms with van der Waals surface area (Å²) in [6.07, 6.45) is -7.49. The molecular weight excluding hydrogens is 196 g/mol. The van der Waals surface area contributed by atoms with Crippen molar-refractivity contribution in [3.05, 3.63) is 0 Å². The third kappa shape index (κ3) is 1.86. The molecule has 0 bridgehead atoms. The molecule has 0 amide bonds. The van der Waals surface area contributed by atoms with Crippen LogP contribution in [0.5, 0.6) is 0 Å². The predicted octanol–water partition coefficient (Wildman–Crippen LogP) is -2.47. The van der Waals surface area contributed by atoms with Crippen LogP contribution in [0.25, 0.3) is 0 Å². The summed E-state index contributed by atoms with van der Waals surface area (Å²) in [4.78, 5) is 10.6. The highest BCUT2D eigenvalue weighted by atomic mass is 16.7. The summed E-state index contributed by atoms with van der Waals surface area (Å²) in [5.74, 6) is -1.37. The zero-order chi connectivity index (χ0) is 10.9. The zero-order valence-electron chi connectivity index (χ0n) is 7.40. The van der Waals surface area contributed by atoms with E-state index in [9.17, 15) is 9.90 Å². The van der Waals surface area contributed by atoms with Crippen LogP contribution in [0.1, 0.15) is 0 Å². The van der Waals surface area contributed by atoms with Crippen LogP contribution in [0.4, 0.5) is 0 Å². The van der Waals surface area contributed by atoms with Crippen LogP contribution in [0.2, 0.25) is 0 Å². The molecule has 1 saturated heterocycles. The number of rotatable bonds is 2. The van der Waals surface area contributed by atoms with Crippen molar-refractivity contribution in [2.45, 2.75) is 30.7 Å². The van der Waals surface area contributed by atoms with Gasteiger partial charge in [0.1, 0.15) is 18.3 Å². The normalized spacial score (nSPS) is 43.6. The Hall–Kier alpha value is -0.730. The first-order valence-corrected chi connectivity index (χ1v) is 3.94. The Morgan fingerprint density at radius 3 is 2.29 bits per heavy atom. The van der Waals surface area contributed by atoms with Gasteiger partial charge >= 0.3 is 5.97 Å². The van der Waals surface area contributed by atoms with Crippen molar-refractivity contribution in [3.63, 3.8) is 0 Å². The highest BCUT2D eigenvalue weighted by Crippen LogP contribution is 2.21. The second-order valence-corrected chi connectivity index (χ2v) is 2.97. The lowest BCUT2D eigenvalue weighted by molar-refractivity contribution is -0.283. The van der Waals surface area contributed by atoms with E-state index in [1.807, 2.05) is 0 Å². The van der Waals surface area contributed by atoms with Crippen molar-refractivity contribution < 1.29 is 34.7 Å². The van der Waals surface area contributed by atoms with E-state index in [4.69, 9.17) is 15.3 Å². The number of aliphatic hydroxyl groups excluding tert-OH is 3. The molecule has 0 aromatic heterocycles. The lowest BCUT2D eigenvalue weighted by Gasteiger charge is -2.37. The summed E-state index contributed by atoms with van der Waals surface area (Å²) in [5.41, 5.74) is 0. The Bertz CT molecular complexity index is 218. The monoisotopic (exact) mass is 208 g/mol. The predicted molar refractivity (Wildman–Crippen MR) is 41.3 cm³/mol. The second-order valence-electron chi connectivity index (χ2n) is 2.97. The molecule has 1 aliphatic rings. The third-order valence-electron chi connectivity index (χ3n) is 2.08. The molecule has 1 rings (SSSR count). The van der Waals surface area contributed by atoms with Crippen LogP contribution in [0.3, 0.4) is 0 Å². The Labute approximate surface area is 79.5 Å². The van der Waals surface area contributed by atoms with E-state index >= 15 is 0 Å². The van der Waals surface area contributed by atoms with Gasteiger partial charge in [-0.3, -0.25) is 0 Å². The number of carboxylic acid groups (broad SMARTS) is 1. The number of carbonyl (C=O) groups is 1. The quantitative estimate of drug-likeness (QED) is 0.397. The van der Waals surface area contributed by atoms with Gasteiger partial charge in [0.2, 0.25) is 0 Å². The molecule has 82 valence electrons. The Kier molecular flexibility index (Phi) is 3.40. The minimum Gasteiger partial charge on any atom is -0.479 e. The van der Waals surface area contributed by atoms with E-state index in [0.29, 0.717) is 0 Å². The molecular formula is C7H12O7. The molecule has 0 aliphatic carbocycles. The maximum absolute atomic E-state index is 10.6. The molecule has 4 N–H and O–H groups in total. The largest absolute Gasteiger partial charge is 0.479 e. The number of carboxylic acids is 1. The highest BCUT2D eigenvalue weighted by Gasteiger charge is 2.47. The zero-order valence-corrected chi connectivity index (χ0v) is 7.40. The topological polar surface area (TPSA) is 116 Å². The SMILES string of the molecule is CO[C@H]1[C@H](O)[C@H](O)C(O)O[C@H]1C(=O)O. The van der Waals surface area contributed by atoms with Crippen molar-refractivity contribution in [1.29, 1.82) is 0 Å². The molecule has 1 fully saturated rings. The molecule has 1 heterocycles. The van der Waals surface area contributed by atoms with Crippen molar-refractivity contribution in [1.82, 2.24) is 0 Å². The lowest BCUT2D eigenvalue weighted by atomic mass is 9.99. The molecule has 7 nitrogen and oxygen atoms in total. The summed E-state index contributed by atoms with van der Waals surface area (Å²) in [6, 6.07) is 0. The van der Waals surface area contributed by atoms with Crippen LogP contribution >= 0.6 is 0 Å². The summed E-state index contributed by atoms with van der Waals surface area (Å²) < 4.78 is 9.22. The molecule has 5 atom stereocenters. The van der Waals surface area contributed by atoms with Gasteiger partial charge in [0, 0.05) is 7.11 Å². The number of aliphatic carboxylic acids is 1. The van der Waals surface area contributed by atoms with Crippen LogP contribution < -0.4 is 0 Å². The Balaban J connectivity index is 2.82. The maximum Gasteiger partial charge on any atom is 0.335 e. The molecule has 0 spiro atoms. The van der Waals surface area contributed by atoms with Crippen LogP contribution in [-0.4, -0.2) is 64.2 Å². The van der Waals surface area contributed by atoms with E-state index in [1.54, 1.807) is 0 Å². The van der Waals surface area contributed by atoms with Gasteiger partial charge in [-0.15, -0.1) is 0 Å². The number of ether oxygens (including phenoxy) is 2. The van der Waals surface area contributed by atoms with Crippen LogP contribution in [-0.2, 0) is 14.3 Å². The lowest BCUT2D eigenvalue weighted by Crippen LogP contribution is -2.60. The van der Waals surface area contributed by atoms with Crippen LogP contribution in [0.15, 0.2) is 0 Å². The first-order valence-electron chi connectivity index (χ1n) is 3.94. The molecule has 0 aromatic carbocycles. The summed E-state index contributed by atoms with van der Waals surface area (Å²) >= 11 is 0. The van der Waals surface area contributed by atoms with Gasteiger partial charge in [-0.05, 0) is 0 Å². The molecule has 0 saturated carbocycles. The van der Waals surface area contributed by atoms with Gasteiger partial charge in [-0.25, -0.2) is 4.79 Å². The van der Waals surface area contributed by atoms with E-state index in [0.717, 1.165) is 0 Å². The summed E-state index contributed by atoms with van der Waals surface area (Å²) in [7, 11) is 1.18. The van der Waals surface area contributed by atoms with Gasteiger partial charge in [0.05, 0.1) is 0 Å². The standard InChI is InChI=1S/C7H12O7/c1-13-4-2(8)3(9)7(12)14-5(4)6(10)11/h2-5,7-9,12H,1H3,(H,10,11)/t2-,3+,4+,5-,7?/m1/s1. The second kappa shape index (κ2) is 4.20. The van der Waals surface area contributed by atoms with Gasteiger partial charge in [-0.2, -0.15) is 0 Å². The fourth-order valence-corrected chi connectivity index (χ4v) is 1.31. The maximum atomic E-state index is 10.6. The first kappa shape index (κ1) is 11.3. The van der Waals surface area contributed by atoms with Gasteiger partial charge in [0.25, 0.3) is 0 Å². The molecule has 1 unspecified atom stereocenters. The highest BCUT2D eigenvalue weighted by molar-refractivity contribution is 5.73. The molecule has 14 heavy (non-hydrogen) atoms. The van der Waals surface area contributed by atoms with Crippen molar-refractivity contribution in [2.75, 3.05) is 7.11 Å². The van der Waals surface area contributed by atoms with Crippen molar-refractivity contribution >= 4 is 5.97 Å². The molecule has 0 aromatic rings. The number of hydrogen-bond acceptors (Lipinski definition) is 6. The van der Waals surface area contributed by atoms with Gasteiger partial charge < -0.3 is 29.9 Å². The van der Waals surface area contributed by atoms with E-state index in [1.165, 1.54) is 7.11 Å². The van der Waals surface area contributed by atoms with Crippen molar-refractivity contribution in [3.8, 4) is 0 Å². The summed E-state index contributed by atoms with van der Waals surface area (Å²) in [5, 5.41) is 36.2. The fourth-order valence-electron chi connectivity index (χ4n) is 1.31. The molecule has 7 heteroatoms. The van der Waals surface area contributed by atoms with Crippen molar-refractivity contribution in [2.24, 2.45) is 0 Å². The number of methoxy groups -OCH3 is 1. The molecule has 0 radical (unpaired) electrons.